The summed E-state index contributed by atoms with van der Waals surface area (Å²) in [5, 5.41) is 16.5. The van der Waals surface area contributed by atoms with Crippen molar-refractivity contribution in [1.82, 2.24) is 14.5 Å². The van der Waals surface area contributed by atoms with E-state index >= 15 is 0 Å². The van der Waals surface area contributed by atoms with E-state index in [4.69, 9.17) is 14.6 Å². The summed E-state index contributed by atoms with van der Waals surface area (Å²) >= 11 is 0.773. The Bertz CT molecular complexity index is 1670. The maximum atomic E-state index is 14.3. The number of aromatic amines is 1. The largest absolute Gasteiger partial charge is 0.420 e. The third-order valence-electron chi connectivity index (χ3n) is 6.27. The summed E-state index contributed by atoms with van der Waals surface area (Å²) in [6, 6.07) is 7.70. The van der Waals surface area contributed by atoms with Crippen LogP contribution >= 0.6 is 11.3 Å². The smallest absolute Gasteiger partial charge is 0.416 e. The van der Waals surface area contributed by atoms with Crippen LogP contribution in [0.1, 0.15) is 40.3 Å². The van der Waals surface area contributed by atoms with E-state index in [-0.39, 0.29) is 37.2 Å². The zero-order valence-corrected chi connectivity index (χ0v) is 21.7. The number of rotatable bonds is 5. The Morgan fingerprint density at radius 3 is 2.57 bits per heavy atom. The predicted octanol–water partition coefficient (Wildman–Crippen LogP) is 4.74. The molecule has 3 heterocycles. The van der Waals surface area contributed by atoms with Gasteiger partial charge in [-0.2, -0.15) is 18.4 Å². The van der Waals surface area contributed by atoms with Gasteiger partial charge >= 0.3 is 6.18 Å². The number of H-pyrrole nitrogens is 1. The molecule has 37 heavy (non-hydrogen) atoms. The van der Waals surface area contributed by atoms with Gasteiger partial charge in [0.15, 0.2) is 0 Å². The second-order valence-corrected chi connectivity index (χ2v) is 12.4. The van der Waals surface area contributed by atoms with E-state index in [0.29, 0.717) is 0 Å². The van der Waals surface area contributed by atoms with Crippen molar-refractivity contribution < 1.29 is 30.4 Å². The zero-order valence-electron chi connectivity index (χ0n) is 23.1. The number of thiophene rings is 1. The van der Waals surface area contributed by atoms with Crippen LogP contribution in [0.25, 0.3) is 10.4 Å². The van der Waals surface area contributed by atoms with E-state index in [1.165, 1.54) is 32.3 Å². The van der Waals surface area contributed by atoms with Gasteiger partial charge in [0.2, 0.25) is 11.8 Å². The van der Waals surface area contributed by atoms with Gasteiger partial charge in [-0.3, -0.25) is 5.10 Å². The molecule has 3 aromatic rings. The Labute approximate surface area is 220 Å². The van der Waals surface area contributed by atoms with E-state index in [0.717, 1.165) is 27.8 Å². The topological polar surface area (TPSA) is 125 Å². The lowest BCUT2D eigenvalue weighted by atomic mass is 9.61. The fourth-order valence-corrected chi connectivity index (χ4v) is 7.00. The second-order valence-electron chi connectivity index (χ2n) is 8.90. The standard InChI is InChI=1S/C24H24F3N5O3S2/c1-12(2)23(17(11-28)21(29)35-22-20(23)13(3)30-31-22)15-8-14(9-16(10-15)24(25,26)27)18-6-7-19(36-18)37(33,34)32(4)5/h6-10,12H,29H2,1-5H3,(H,30,31)/i3D3. The molecule has 0 saturated heterocycles. The highest BCUT2D eigenvalue weighted by Crippen LogP contribution is 2.54. The van der Waals surface area contributed by atoms with Gasteiger partial charge in [0.05, 0.1) is 16.5 Å². The molecule has 0 aliphatic carbocycles. The number of fused-ring (bicyclic) bond motifs is 1. The third-order valence-corrected chi connectivity index (χ3v) is 9.69. The van der Waals surface area contributed by atoms with Crippen molar-refractivity contribution in [1.29, 1.82) is 5.26 Å². The Kier molecular flexibility index (Phi) is 5.49. The van der Waals surface area contributed by atoms with E-state index in [1.54, 1.807) is 13.8 Å². The van der Waals surface area contributed by atoms with Crippen molar-refractivity contribution >= 4 is 21.4 Å². The third kappa shape index (κ3) is 4.09. The summed E-state index contributed by atoms with van der Waals surface area (Å²) in [5.41, 5.74) is 2.26. The van der Waals surface area contributed by atoms with Crippen LogP contribution in [-0.4, -0.2) is 37.0 Å². The summed E-state index contributed by atoms with van der Waals surface area (Å²) in [7, 11) is -1.20. The fourth-order valence-electron chi connectivity index (χ4n) is 4.54. The first kappa shape index (κ1) is 22.8. The Hall–Kier alpha value is -3.34. The number of aromatic nitrogens is 2. The van der Waals surface area contributed by atoms with Crippen molar-refractivity contribution in [3.8, 4) is 22.4 Å². The summed E-state index contributed by atoms with van der Waals surface area (Å²) in [4.78, 5) is 0.206. The first-order valence-corrected chi connectivity index (χ1v) is 13.1. The van der Waals surface area contributed by atoms with Gasteiger partial charge in [-0.15, -0.1) is 16.4 Å². The van der Waals surface area contributed by atoms with Crippen LogP contribution in [0, 0.1) is 24.1 Å². The molecule has 2 aromatic heterocycles. The number of nitrogens with one attached hydrogen (secondary N) is 1. The highest BCUT2D eigenvalue weighted by Gasteiger charge is 2.51. The Balaban J connectivity index is 2.13. The number of nitriles is 1. The maximum absolute atomic E-state index is 14.3. The molecule has 0 saturated carbocycles. The molecule has 1 unspecified atom stereocenters. The summed E-state index contributed by atoms with van der Waals surface area (Å²) < 4.78 is 98.6. The van der Waals surface area contributed by atoms with E-state index in [9.17, 15) is 26.9 Å². The molecule has 1 aliphatic heterocycles. The van der Waals surface area contributed by atoms with Gasteiger partial charge in [-0.1, -0.05) is 13.8 Å². The first-order chi connectivity index (χ1) is 18.4. The van der Waals surface area contributed by atoms with Crippen molar-refractivity contribution in [3.63, 3.8) is 0 Å². The molecule has 0 radical (unpaired) electrons. The van der Waals surface area contributed by atoms with Crippen LogP contribution in [-0.2, 0) is 21.6 Å². The number of nitrogens with two attached hydrogens (primary N) is 1. The first-order valence-electron chi connectivity index (χ1n) is 12.3. The average molecular weight is 555 g/mol. The van der Waals surface area contributed by atoms with E-state index in [1.807, 2.05) is 6.07 Å². The molecule has 0 fully saturated rings. The van der Waals surface area contributed by atoms with Crippen molar-refractivity contribution in [2.45, 2.75) is 36.5 Å². The lowest BCUT2D eigenvalue weighted by Gasteiger charge is -2.41. The van der Waals surface area contributed by atoms with Gasteiger partial charge in [0.1, 0.15) is 15.9 Å². The number of ether oxygens (including phenoxy) is 1. The molecule has 0 spiro atoms. The zero-order chi connectivity index (χ0) is 30.0. The molecular formula is C24H24F3N5O3S2. The number of allylic oxidation sites excluding steroid dienone is 1. The number of sulfonamides is 1. The number of benzene rings is 1. The molecule has 196 valence electrons. The number of alkyl halides is 3. The monoisotopic (exact) mass is 554 g/mol. The lowest BCUT2D eigenvalue weighted by Crippen LogP contribution is -2.41. The van der Waals surface area contributed by atoms with Crippen LogP contribution in [0.3, 0.4) is 0 Å². The average Bonchev–Trinajstić information content (AvgIpc) is 3.50. The van der Waals surface area contributed by atoms with Crippen molar-refractivity contribution in [3.05, 3.63) is 64.2 Å². The van der Waals surface area contributed by atoms with Crippen LogP contribution in [0.5, 0.6) is 5.88 Å². The highest BCUT2D eigenvalue weighted by molar-refractivity contribution is 7.91. The molecule has 0 bridgehead atoms. The lowest BCUT2D eigenvalue weighted by molar-refractivity contribution is -0.137. The van der Waals surface area contributed by atoms with Crippen molar-refractivity contribution in [2.75, 3.05) is 14.1 Å². The SMILES string of the molecule is [2H]C([2H])([2H])c1[nH]nc2c1C(c1cc(-c3ccc(S(=O)(=O)N(C)C)s3)cc(C(F)(F)F)c1)(C(C)C)C(C#N)=C(N)O2. The van der Waals surface area contributed by atoms with Gasteiger partial charge in [-0.25, -0.2) is 12.7 Å². The Morgan fingerprint density at radius 1 is 1.30 bits per heavy atom. The molecular weight excluding hydrogens is 527 g/mol. The quantitative estimate of drug-likeness (QED) is 0.469. The van der Waals surface area contributed by atoms with Crippen LogP contribution in [0.15, 0.2) is 46.0 Å². The van der Waals surface area contributed by atoms with Crippen LogP contribution in [0.2, 0.25) is 0 Å². The second kappa shape index (κ2) is 8.90. The maximum Gasteiger partial charge on any atom is 0.416 e. The van der Waals surface area contributed by atoms with Gasteiger partial charge in [-0.05, 0) is 54.2 Å². The Morgan fingerprint density at radius 2 is 2.00 bits per heavy atom. The minimum Gasteiger partial charge on any atom is -0.420 e. The highest BCUT2D eigenvalue weighted by atomic mass is 32.2. The van der Waals surface area contributed by atoms with E-state index < -0.39 is 51.5 Å². The van der Waals surface area contributed by atoms with Gasteiger partial charge < -0.3 is 10.5 Å². The molecule has 4 rings (SSSR count). The van der Waals surface area contributed by atoms with Crippen molar-refractivity contribution in [2.24, 2.45) is 11.7 Å². The normalized spacial score (nSPS) is 19.7. The van der Waals surface area contributed by atoms with E-state index in [2.05, 4.69) is 10.2 Å². The predicted molar refractivity (Wildman–Crippen MR) is 132 cm³/mol. The minimum absolute atomic E-state index is 0.0119. The molecule has 13 heteroatoms. The number of aryl methyl sites for hydroxylation is 1. The molecule has 1 aliphatic rings. The fraction of sp³-hybridized carbons (Fsp3) is 0.333. The number of nitrogens with zero attached hydrogens (tertiary/aromatic N) is 3. The molecule has 0 amide bonds. The summed E-state index contributed by atoms with van der Waals surface area (Å²) in [6.45, 7) is 0.427. The molecule has 3 N–H and O–H groups in total. The number of hydrogen-bond donors (Lipinski definition) is 2. The van der Waals surface area contributed by atoms with Gasteiger partial charge in [0.25, 0.3) is 10.0 Å². The van der Waals surface area contributed by atoms with Gasteiger partial charge in [0, 0.05) is 28.8 Å². The minimum atomic E-state index is -4.85. The molecule has 1 aromatic carbocycles. The van der Waals surface area contributed by atoms with Crippen LogP contribution < -0.4 is 10.5 Å². The number of halogens is 3. The summed E-state index contributed by atoms with van der Waals surface area (Å²) in [5.74, 6) is -1.43. The molecule has 8 nitrogen and oxygen atoms in total. The molecule has 1 atom stereocenters. The number of hydrogen-bond acceptors (Lipinski definition) is 7. The van der Waals surface area contributed by atoms with Crippen LogP contribution in [0.4, 0.5) is 13.2 Å². The summed E-state index contributed by atoms with van der Waals surface area (Å²) in [6.07, 6.45) is -4.85.